The van der Waals surface area contributed by atoms with Gasteiger partial charge in [-0.25, -0.2) is 0 Å². The topological polar surface area (TPSA) is 77.8 Å². The van der Waals surface area contributed by atoms with E-state index in [1.165, 1.54) is 0 Å². The molecule has 0 heterocycles. The fraction of sp³-hybridized carbons (Fsp3) is 0.800. The first-order valence-corrected chi connectivity index (χ1v) is 2.64. The fourth-order valence-corrected chi connectivity index (χ4v) is 0.434. The number of carbonyl (C=O) groups is 1. The molecule has 0 aromatic heterocycles. The molecule has 0 unspecified atom stereocenters. The zero-order chi connectivity index (χ0) is 7.28. The van der Waals surface area contributed by atoms with E-state index in [-0.39, 0.29) is 42.7 Å². The lowest BCUT2D eigenvalue weighted by molar-refractivity contribution is -0.138. The number of aliphatic hydroxyl groups excluding tert-OH is 2. The molecule has 0 spiro atoms. The van der Waals surface area contributed by atoms with E-state index in [1.807, 2.05) is 0 Å². The molecule has 0 fully saturated rings. The van der Waals surface area contributed by atoms with Gasteiger partial charge in [-0.1, -0.05) is 0 Å². The lowest BCUT2D eigenvalue weighted by atomic mass is 10.1. The molecule has 0 aliphatic carbocycles. The van der Waals surface area contributed by atoms with Gasteiger partial charge in [0.2, 0.25) is 0 Å². The van der Waals surface area contributed by atoms with Crippen molar-refractivity contribution in [1.29, 1.82) is 0 Å². The summed E-state index contributed by atoms with van der Waals surface area (Å²) in [4.78, 5) is 9.91. The van der Waals surface area contributed by atoms with Gasteiger partial charge in [-0.05, 0) is 0 Å². The van der Waals surface area contributed by atoms with Crippen LogP contribution in [-0.4, -0.2) is 57.6 Å². The minimum atomic E-state index is -0.997. The van der Waals surface area contributed by atoms with Gasteiger partial charge in [-0.15, -0.1) is 0 Å². The smallest absolute Gasteiger partial charge is 0.316 e. The van der Waals surface area contributed by atoms with Gasteiger partial charge >= 0.3 is 29.0 Å². The number of hydrogen-bond donors (Lipinski definition) is 3. The molecule has 0 saturated carbocycles. The number of carboxylic acid groups (broad SMARTS) is 1. The number of aliphatic hydroxyl groups is 2. The highest BCUT2D eigenvalue weighted by molar-refractivity contribution is 5.75. The predicted molar refractivity (Wildman–Crippen MR) is 38.5 cm³/mol. The van der Waals surface area contributed by atoms with E-state index in [2.05, 4.69) is 0 Å². The molecule has 0 bridgehead atoms. The van der Waals surface area contributed by atoms with E-state index >= 15 is 0 Å². The Labute approximate surface area is 75.0 Å². The lowest BCUT2D eigenvalue weighted by Crippen LogP contribution is -2.15. The normalized spacial score (nSPS) is 9.10. The predicted octanol–water partition coefficient (Wildman–Crippen LogP) is -1.85. The molecule has 58 valence electrons. The molecule has 3 N–H and O–H groups in total. The Balaban J connectivity index is 0. The first-order valence-electron chi connectivity index (χ1n) is 2.64. The molecule has 0 radical (unpaired) electrons. The first kappa shape index (κ1) is 12.8. The molecule has 5 heteroatoms. The Morgan fingerprint density at radius 1 is 1.30 bits per heavy atom. The van der Waals surface area contributed by atoms with Gasteiger partial charge in [-0.2, -0.15) is 0 Å². The maximum Gasteiger partial charge on any atom is 0.316 e. The zero-order valence-corrected chi connectivity index (χ0v) is 4.95. The van der Waals surface area contributed by atoms with Crippen molar-refractivity contribution in [2.75, 3.05) is 13.2 Å². The second-order valence-electron chi connectivity index (χ2n) is 1.83. The van der Waals surface area contributed by atoms with Crippen LogP contribution >= 0.6 is 0 Å². The van der Waals surface area contributed by atoms with Gasteiger partial charge in [0.05, 0.1) is 6.42 Å². The summed E-state index contributed by atoms with van der Waals surface area (Å²) < 4.78 is 0. The standard InChI is InChI=1S/C5H10O4.Mg.2H/c6-2-4(3-7)1-5(8)9;;;/h4,6-7H,1-3H2,(H,8,9);;;. The van der Waals surface area contributed by atoms with Crippen LogP contribution in [0.2, 0.25) is 0 Å². The second kappa shape index (κ2) is 7.27. The molecule has 0 saturated heterocycles. The van der Waals surface area contributed by atoms with Crippen LogP contribution in [0.1, 0.15) is 6.42 Å². The number of aliphatic carboxylic acids is 1. The molecule has 0 aromatic carbocycles. The van der Waals surface area contributed by atoms with Gasteiger partial charge in [0.15, 0.2) is 0 Å². The van der Waals surface area contributed by atoms with E-state index in [0.29, 0.717) is 0 Å². The summed E-state index contributed by atoms with van der Waals surface area (Å²) in [5.41, 5.74) is 0. The van der Waals surface area contributed by atoms with Crippen molar-refractivity contribution in [2.45, 2.75) is 6.42 Å². The summed E-state index contributed by atoms with van der Waals surface area (Å²) >= 11 is 0. The Morgan fingerprint density at radius 3 is 1.80 bits per heavy atom. The van der Waals surface area contributed by atoms with Crippen molar-refractivity contribution in [2.24, 2.45) is 5.92 Å². The average Bonchev–Trinajstić information content (AvgIpc) is 1.82. The van der Waals surface area contributed by atoms with Gasteiger partial charge in [-0.3, -0.25) is 4.79 Å². The Kier molecular flexibility index (Phi) is 9.30. The SMILES string of the molecule is O=C(O)CC(CO)CO.[MgH2]. The minimum Gasteiger partial charge on any atom is -0.481 e. The molecular weight excluding hydrogens is 148 g/mol. The number of carboxylic acids is 1. The lowest BCUT2D eigenvalue weighted by Gasteiger charge is -2.04. The van der Waals surface area contributed by atoms with Crippen molar-refractivity contribution < 1.29 is 20.1 Å². The summed E-state index contributed by atoms with van der Waals surface area (Å²) in [5.74, 6) is -1.51. The van der Waals surface area contributed by atoms with Crippen molar-refractivity contribution in [3.05, 3.63) is 0 Å². The Hall–Kier alpha value is 0.156. The summed E-state index contributed by atoms with van der Waals surface area (Å²) in [6.45, 7) is -0.550. The van der Waals surface area contributed by atoms with Crippen LogP contribution in [-0.2, 0) is 4.79 Å². The third-order valence-electron chi connectivity index (χ3n) is 0.980. The highest BCUT2D eigenvalue weighted by Crippen LogP contribution is 1.98. The monoisotopic (exact) mass is 160 g/mol. The van der Waals surface area contributed by atoms with Crippen LogP contribution in [0.5, 0.6) is 0 Å². The molecule has 0 aliphatic rings. The highest BCUT2D eigenvalue weighted by atomic mass is 24.3. The minimum absolute atomic E-state index is 0. The van der Waals surface area contributed by atoms with Gasteiger partial charge in [0.1, 0.15) is 0 Å². The van der Waals surface area contributed by atoms with Gasteiger partial charge in [0, 0.05) is 19.1 Å². The molecule has 0 aromatic rings. The average molecular weight is 160 g/mol. The van der Waals surface area contributed by atoms with E-state index in [4.69, 9.17) is 15.3 Å². The van der Waals surface area contributed by atoms with Crippen LogP contribution in [0, 0.1) is 5.92 Å². The molecule has 0 aliphatic heterocycles. The maximum absolute atomic E-state index is 9.91. The molecule has 0 atom stereocenters. The second-order valence-corrected chi connectivity index (χ2v) is 1.83. The molecule has 0 rings (SSSR count). The van der Waals surface area contributed by atoms with Crippen molar-refractivity contribution in [1.82, 2.24) is 0 Å². The van der Waals surface area contributed by atoms with Gasteiger partial charge < -0.3 is 15.3 Å². The quantitative estimate of drug-likeness (QED) is 0.422. The van der Waals surface area contributed by atoms with E-state index in [9.17, 15) is 4.79 Å². The van der Waals surface area contributed by atoms with Crippen LogP contribution < -0.4 is 0 Å². The van der Waals surface area contributed by atoms with Crippen LogP contribution in [0.3, 0.4) is 0 Å². The molecule has 10 heavy (non-hydrogen) atoms. The van der Waals surface area contributed by atoms with E-state index in [1.54, 1.807) is 0 Å². The van der Waals surface area contributed by atoms with Crippen molar-refractivity contribution >= 4 is 29.0 Å². The van der Waals surface area contributed by atoms with Crippen molar-refractivity contribution in [3.8, 4) is 0 Å². The maximum atomic E-state index is 9.91. The van der Waals surface area contributed by atoms with E-state index < -0.39 is 11.9 Å². The third-order valence-corrected chi connectivity index (χ3v) is 0.980. The third kappa shape index (κ3) is 6.28. The first-order chi connectivity index (χ1) is 4.20. The molecule has 4 nitrogen and oxygen atoms in total. The van der Waals surface area contributed by atoms with Crippen LogP contribution in [0.25, 0.3) is 0 Å². The van der Waals surface area contributed by atoms with E-state index in [0.717, 1.165) is 0 Å². The fourth-order valence-electron chi connectivity index (χ4n) is 0.434. The van der Waals surface area contributed by atoms with Crippen LogP contribution in [0.4, 0.5) is 0 Å². The molecular formula is C5H12MgO4. The zero-order valence-electron chi connectivity index (χ0n) is 4.95. The van der Waals surface area contributed by atoms with Gasteiger partial charge in [0.25, 0.3) is 0 Å². The summed E-state index contributed by atoms with van der Waals surface area (Å²) in [6, 6.07) is 0. The summed E-state index contributed by atoms with van der Waals surface area (Å²) in [6.07, 6.45) is -0.174. The number of hydrogen-bond acceptors (Lipinski definition) is 3. The Bertz CT molecular complexity index is 91.6. The molecule has 0 amide bonds. The highest BCUT2D eigenvalue weighted by Gasteiger charge is 2.09. The summed E-state index contributed by atoms with van der Waals surface area (Å²) in [7, 11) is 0. The largest absolute Gasteiger partial charge is 0.481 e. The Morgan fingerprint density at radius 2 is 1.70 bits per heavy atom. The number of rotatable bonds is 4. The summed E-state index contributed by atoms with van der Waals surface area (Å²) in [5, 5.41) is 24.8. The van der Waals surface area contributed by atoms with Crippen LogP contribution in [0.15, 0.2) is 0 Å². The van der Waals surface area contributed by atoms with Crippen molar-refractivity contribution in [3.63, 3.8) is 0 Å².